The Kier molecular flexibility index (Phi) is 4.29. The zero-order valence-electron chi connectivity index (χ0n) is 15.0. The Morgan fingerprint density at radius 2 is 1.89 bits per heavy atom. The third-order valence-electron chi connectivity index (χ3n) is 4.66. The molecule has 4 aromatic heterocycles. The Labute approximate surface area is 168 Å². The highest BCUT2D eigenvalue weighted by Crippen LogP contribution is 2.32. The molecule has 5 heterocycles. The molecule has 1 aliphatic rings. The number of esters is 1. The molecule has 0 spiro atoms. The van der Waals surface area contributed by atoms with Crippen LogP contribution >= 0.6 is 22.7 Å². The number of carbonyl (C=O) groups is 1. The zero-order chi connectivity index (χ0) is 19.1. The lowest BCUT2D eigenvalue weighted by atomic mass is 10.3. The molecule has 0 aromatic carbocycles. The predicted octanol–water partition coefficient (Wildman–Crippen LogP) is 2.81. The van der Waals surface area contributed by atoms with E-state index in [4.69, 9.17) is 9.72 Å². The Morgan fingerprint density at radius 3 is 2.68 bits per heavy atom. The van der Waals surface area contributed by atoms with Crippen LogP contribution < -0.4 is 9.80 Å². The standard InChI is InChI=1S/C18H16N6O2S2/c1-26-17(25)14-20-11-4-10-27-13(11)15(22-14)23-6-8-24(9-7-23)18-21-12-3-2-5-19-16(12)28-18/h2-5,10H,6-9H2,1H3. The Balaban J connectivity index is 1.40. The van der Waals surface area contributed by atoms with E-state index in [2.05, 4.69) is 24.8 Å². The third kappa shape index (κ3) is 2.94. The van der Waals surface area contributed by atoms with Gasteiger partial charge in [-0.2, -0.15) is 0 Å². The first-order valence-electron chi connectivity index (χ1n) is 8.78. The summed E-state index contributed by atoms with van der Waals surface area (Å²) in [6.45, 7) is 3.22. The summed E-state index contributed by atoms with van der Waals surface area (Å²) in [5.74, 6) is 0.379. The molecule has 142 valence electrons. The molecule has 0 aliphatic carbocycles. The van der Waals surface area contributed by atoms with E-state index in [9.17, 15) is 4.79 Å². The minimum absolute atomic E-state index is 0.100. The van der Waals surface area contributed by atoms with Crippen molar-refractivity contribution in [2.75, 3.05) is 43.1 Å². The van der Waals surface area contributed by atoms with Gasteiger partial charge in [0, 0.05) is 32.4 Å². The first kappa shape index (κ1) is 17.3. The number of hydrogen-bond donors (Lipinski definition) is 0. The van der Waals surface area contributed by atoms with Crippen LogP contribution in [-0.2, 0) is 4.74 Å². The molecule has 0 saturated carbocycles. The molecule has 1 fully saturated rings. The summed E-state index contributed by atoms with van der Waals surface area (Å²) in [7, 11) is 1.34. The van der Waals surface area contributed by atoms with Crippen LogP contribution in [-0.4, -0.2) is 59.2 Å². The van der Waals surface area contributed by atoms with Gasteiger partial charge in [-0.1, -0.05) is 11.3 Å². The molecule has 8 nitrogen and oxygen atoms in total. The number of aromatic nitrogens is 4. The molecule has 0 amide bonds. The summed E-state index contributed by atoms with van der Waals surface area (Å²) in [5, 5.41) is 2.96. The summed E-state index contributed by atoms with van der Waals surface area (Å²) in [6.07, 6.45) is 1.79. The smallest absolute Gasteiger partial charge is 0.376 e. The van der Waals surface area contributed by atoms with Gasteiger partial charge in [0.15, 0.2) is 10.9 Å². The van der Waals surface area contributed by atoms with Gasteiger partial charge in [0.05, 0.1) is 17.3 Å². The van der Waals surface area contributed by atoms with E-state index in [-0.39, 0.29) is 5.82 Å². The summed E-state index contributed by atoms with van der Waals surface area (Å²) < 4.78 is 5.80. The van der Waals surface area contributed by atoms with Crippen molar-refractivity contribution in [3.8, 4) is 0 Å². The lowest BCUT2D eigenvalue weighted by molar-refractivity contribution is 0.0587. The largest absolute Gasteiger partial charge is 0.463 e. The second kappa shape index (κ2) is 6.95. The summed E-state index contributed by atoms with van der Waals surface area (Å²) >= 11 is 3.20. The predicted molar refractivity (Wildman–Crippen MR) is 111 cm³/mol. The van der Waals surface area contributed by atoms with E-state index >= 15 is 0 Å². The number of nitrogens with zero attached hydrogens (tertiary/aromatic N) is 6. The number of thiazole rings is 1. The highest BCUT2D eigenvalue weighted by Gasteiger charge is 2.24. The van der Waals surface area contributed by atoms with Crippen LogP contribution in [0.3, 0.4) is 0 Å². The average molecular weight is 413 g/mol. The van der Waals surface area contributed by atoms with Crippen molar-refractivity contribution in [3.63, 3.8) is 0 Å². The topological polar surface area (TPSA) is 84.3 Å². The fourth-order valence-corrected chi connectivity index (χ4v) is 5.06. The van der Waals surface area contributed by atoms with Crippen LogP contribution in [0.1, 0.15) is 10.6 Å². The Hall–Kier alpha value is -2.85. The van der Waals surface area contributed by atoms with Crippen LogP contribution in [0.15, 0.2) is 29.8 Å². The monoisotopic (exact) mass is 412 g/mol. The molecule has 28 heavy (non-hydrogen) atoms. The van der Waals surface area contributed by atoms with Crippen molar-refractivity contribution in [1.29, 1.82) is 0 Å². The van der Waals surface area contributed by atoms with Crippen LogP contribution in [0.4, 0.5) is 10.9 Å². The van der Waals surface area contributed by atoms with Crippen molar-refractivity contribution in [2.24, 2.45) is 0 Å². The van der Waals surface area contributed by atoms with Crippen LogP contribution in [0.5, 0.6) is 0 Å². The van der Waals surface area contributed by atoms with Crippen molar-refractivity contribution >= 4 is 60.2 Å². The van der Waals surface area contributed by atoms with E-state index in [1.807, 2.05) is 23.6 Å². The third-order valence-corrected chi connectivity index (χ3v) is 6.60. The van der Waals surface area contributed by atoms with E-state index in [0.717, 1.165) is 57.7 Å². The Bertz CT molecular complexity index is 1130. The number of rotatable bonds is 3. The quantitative estimate of drug-likeness (QED) is 0.475. The molecule has 4 aromatic rings. The van der Waals surface area contributed by atoms with Crippen molar-refractivity contribution in [2.45, 2.75) is 0 Å². The van der Waals surface area contributed by atoms with Gasteiger partial charge in [0.25, 0.3) is 0 Å². The SMILES string of the molecule is COC(=O)c1nc(N2CCN(c3nc4cccnc4s3)CC2)c2sccc2n1. The molecular formula is C18H16N6O2S2. The van der Waals surface area contributed by atoms with Gasteiger partial charge < -0.3 is 14.5 Å². The number of ether oxygens (including phenoxy) is 1. The fourth-order valence-electron chi connectivity index (χ4n) is 3.25. The maximum absolute atomic E-state index is 12.0. The van der Waals surface area contributed by atoms with Crippen molar-refractivity contribution < 1.29 is 9.53 Å². The summed E-state index contributed by atoms with van der Waals surface area (Å²) in [5.41, 5.74) is 1.71. The van der Waals surface area contributed by atoms with Crippen LogP contribution in [0.25, 0.3) is 20.6 Å². The minimum atomic E-state index is -0.519. The number of fused-ring (bicyclic) bond motifs is 2. The normalized spacial score (nSPS) is 14.8. The van der Waals surface area contributed by atoms with E-state index < -0.39 is 5.97 Å². The average Bonchev–Trinajstić information content (AvgIpc) is 3.39. The molecule has 0 radical (unpaired) electrons. The highest BCUT2D eigenvalue weighted by atomic mass is 32.1. The number of pyridine rings is 1. The lowest BCUT2D eigenvalue weighted by Crippen LogP contribution is -2.47. The maximum Gasteiger partial charge on any atom is 0.376 e. The number of piperazine rings is 1. The lowest BCUT2D eigenvalue weighted by Gasteiger charge is -2.35. The van der Waals surface area contributed by atoms with Gasteiger partial charge in [-0.25, -0.2) is 24.7 Å². The number of hydrogen-bond acceptors (Lipinski definition) is 10. The molecule has 0 N–H and O–H groups in total. The van der Waals surface area contributed by atoms with Crippen molar-refractivity contribution in [1.82, 2.24) is 19.9 Å². The molecule has 1 aliphatic heterocycles. The van der Waals surface area contributed by atoms with E-state index in [1.165, 1.54) is 7.11 Å². The number of anilines is 2. The number of methoxy groups -OCH3 is 1. The van der Waals surface area contributed by atoms with Gasteiger partial charge in [0.1, 0.15) is 10.3 Å². The second-order valence-electron chi connectivity index (χ2n) is 6.30. The first-order chi connectivity index (χ1) is 13.7. The second-order valence-corrected chi connectivity index (χ2v) is 8.17. The number of carbonyl (C=O) groups excluding carboxylic acids is 1. The van der Waals surface area contributed by atoms with Gasteiger partial charge in [0.2, 0.25) is 5.82 Å². The van der Waals surface area contributed by atoms with Gasteiger partial charge in [-0.3, -0.25) is 0 Å². The number of thiophene rings is 1. The van der Waals surface area contributed by atoms with Gasteiger partial charge >= 0.3 is 5.97 Å². The molecular weight excluding hydrogens is 396 g/mol. The van der Waals surface area contributed by atoms with Crippen LogP contribution in [0, 0.1) is 0 Å². The zero-order valence-corrected chi connectivity index (χ0v) is 16.7. The molecule has 10 heteroatoms. The molecule has 5 rings (SSSR count). The van der Waals surface area contributed by atoms with Crippen molar-refractivity contribution in [3.05, 3.63) is 35.6 Å². The fraction of sp³-hybridized carbons (Fsp3) is 0.278. The van der Waals surface area contributed by atoms with Crippen LogP contribution in [0.2, 0.25) is 0 Å². The highest BCUT2D eigenvalue weighted by molar-refractivity contribution is 7.21. The Morgan fingerprint density at radius 1 is 1.07 bits per heavy atom. The molecule has 0 atom stereocenters. The molecule has 1 saturated heterocycles. The minimum Gasteiger partial charge on any atom is -0.463 e. The first-order valence-corrected chi connectivity index (χ1v) is 10.5. The summed E-state index contributed by atoms with van der Waals surface area (Å²) in [6, 6.07) is 5.80. The van der Waals surface area contributed by atoms with Gasteiger partial charge in [-0.15, -0.1) is 11.3 Å². The summed E-state index contributed by atoms with van der Waals surface area (Å²) in [4.78, 5) is 35.3. The maximum atomic E-state index is 12.0. The van der Waals surface area contributed by atoms with Gasteiger partial charge in [-0.05, 0) is 23.6 Å². The molecule has 0 bridgehead atoms. The van der Waals surface area contributed by atoms with E-state index in [0.29, 0.717) is 0 Å². The van der Waals surface area contributed by atoms with E-state index in [1.54, 1.807) is 28.9 Å². The molecule has 0 unspecified atom stereocenters.